The van der Waals surface area contributed by atoms with Gasteiger partial charge in [0.15, 0.2) is 6.10 Å². The first-order chi connectivity index (χ1) is 38.0. The molecule has 77 heavy (non-hydrogen) atoms. The van der Waals surface area contributed by atoms with Gasteiger partial charge in [-0.1, -0.05) is 320 Å². The maximum Gasteiger partial charge on any atom is 0.306 e. The van der Waals surface area contributed by atoms with E-state index in [4.69, 9.17) is 14.2 Å². The van der Waals surface area contributed by atoms with E-state index in [1.165, 1.54) is 276 Å². The summed E-state index contributed by atoms with van der Waals surface area (Å²) in [6, 6.07) is 0. The third kappa shape index (κ3) is 64.3. The molecule has 0 aliphatic heterocycles. The molecule has 0 aromatic rings. The fourth-order valence-corrected chi connectivity index (χ4v) is 10.4. The monoisotopic (exact) mass is 1080 g/mol. The molecule has 0 rings (SSSR count). The van der Waals surface area contributed by atoms with Crippen LogP contribution in [0.25, 0.3) is 0 Å². The van der Waals surface area contributed by atoms with Crippen LogP contribution in [-0.4, -0.2) is 37.2 Å². The largest absolute Gasteiger partial charge is 0.462 e. The fourth-order valence-electron chi connectivity index (χ4n) is 10.4. The molecular formula is C71H132O6. The van der Waals surface area contributed by atoms with Crippen LogP contribution in [0.15, 0.2) is 36.5 Å². The number of ether oxygens (including phenoxy) is 3. The van der Waals surface area contributed by atoms with E-state index in [0.717, 1.165) is 64.2 Å². The Bertz CT molecular complexity index is 1290. The Balaban J connectivity index is 4.32. The topological polar surface area (TPSA) is 78.9 Å². The van der Waals surface area contributed by atoms with E-state index in [-0.39, 0.29) is 31.1 Å². The van der Waals surface area contributed by atoms with E-state index in [0.29, 0.717) is 19.3 Å². The zero-order chi connectivity index (χ0) is 55.7. The second-order valence-electron chi connectivity index (χ2n) is 23.4. The van der Waals surface area contributed by atoms with Crippen molar-refractivity contribution in [2.75, 3.05) is 13.2 Å². The van der Waals surface area contributed by atoms with Crippen LogP contribution < -0.4 is 0 Å². The maximum atomic E-state index is 12.9. The smallest absolute Gasteiger partial charge is 0.306 e. The molecule has 0 fully saturated rings. The minimum absolute atomic E-state index is 0.0696. The molecule has 0 bridgehead atoms. The average Bonchev–Trinajstić information content (AvgIpc) is 3.43. The predicted molar refractivity (Wildman–Crippen MR) is 335 cm³/mol. The summed E-state index contributed by atoms with van der Waals surface area (Å²) in [4.78, 5) is 38.4. The molecule has 1 atom stereocenters. The molecule has 0 unspecified atom stereocenters. The summed E-state index contributed by atoms with van der Waals surface area (Å²) in [5.74, 6) is -0.847. The normalized spacial score (nSPS) is 12.2. The lowest BCUT2D eigenvalue weighted by atomic mass is 10.0. The number of unbranched alkanes of at least 4 members (excludes halogenated alkanes) is 47. The Morgan fingerprint density at radius 2 is 0.468 bits per heavy atom. The number of hydrogen-bond donors (Lipinski definition) is 0. The van der Waals surface area contributed by atoms with Crippen LogP contribution in [0.3, 0.4) is 0 Å². The maximum absolute atomic E-state index is 12.9. The highest BCUT2D eigenvalue weighted by atomic mass is 16.6. The Labute approximate surface area is 480 Å². The van der Waals surface area contributed by atoms with E-state index >= 15 is 0 Å². The van der Waals surface area contributed by atoms with Gasteiger partial charge in [-0.2, -0.15) is 0 Å². The number of allylic oxidation sites excluding steroid dienone is 6. The van der Waals surface area contributed by atoms with Crippen LogP contribution in [0.2, 0.25) is 0 Å². The Morgan fingerprint density at radius 3 is 0.753 bits per heavy atom. The summed E-state index contributed by atoms with van der Waals surface area (Å²) in [7, 11) is 0. The third-order valence-electron chi connectivity index (χ3n) is 15.6. The summed E-state index contributed by atoms with van der Waals surface area (Å²) >= 11 is 0. The summed E-state index contributed by atoms with van der Waals surface area (Å²) in [6.07, 6.45) is 81.6. The second kappa shape index (κ2) is 66.1. The summed E-state index contributed by atoms with van der Waals surface area (Å²) in [6.45, 7) is 6.68. The van der Waals surface area contributed by atoms with E-state index in [1.54, 1.807) is 0 Å². The Kier molecular flexibility index (Phi) is 64.1. The van der Waals surface area contributed by atoms with Gasteiger partial charge < -0.3 is 14.2 Å². The van der Waals surface area contributed by atoms with Crippen molar-refractivity contribution in [2.45, 2.75) is 386 Å². The number of esters is 3. The van der Waals surface area contributed by atoms with Crippen molar-refractivity contribution >= 4 is 17.9 Å². The van der Waals surface area contributed by atoms with Crippen molar-refractivity contribution in [2.24, 2.45) is 0 Å². The van der Waals surface area contributed by atoms with Crippen molar-refractivity contribution in [3.63, 3.8) is 0 Å². The molecule has 0 aliphatic carbocycles. The standard InChI is InChI=1S/C71H132O6/c1-4-7-10-13-16-19-22-25-28-31-34-35-38-40-43-46-49-52-55-58-61-64-70(73)76-67-68(77-71(74)65-62-59-56-53-50-47-44-41-37-33-30-27-24-21-18-15-12-9-6-3)66-75-69(72)63-60-57-54-51-48-45-42-39-36-32-29-26-23-20-17-14-11-8-5-2/h18,21,26-27,29-30,68H,4-17,19-20,22-25,28,31-67H2,1-3H3/b21-18-,29-26-,30-27-/t68-/m1/s1. The molecule has 0 N–H and O–H groups in total. The summed E-state index contributed by atoms with van der Waals surface area (Å²) in [5, 5.41) is 0. The SMILES string of the molecule is CCCCC/C=C\C/C=C\CCCCCCCCCCCC(=O)O[C@H](COC(=O)CCCCCCCCCCC/C=C\CCCCCCCC)COC(=O)CCCCCCCCCCCCCCCCCCCCCCC. The zero-order valence-corrected chi connectivity index (χ0v) is 52.0. The van der Waals surface area contributed by atoms with Crippen molar-refractivity contribution in [3.05, 3.63) is 36.5 Å². The van der Waals surface area contributed by atoms with Crippen molar-refractivity contribution in [1.82, 2.24) is 0 Å². The van der Waals surface area contributed by atoms with Crippen LogP contribution in [0.1, 0.15) is 380 Å². The van der Waals surface area contributed by atoms with Crippen LogP contribution in [0.4, 0.5) is 0 Å². The molecule has 0 aromatic heterocycles. The summed E-state index contributed by atoms with van der Waals surface area (Å²) < 4.78 is 17.0. The van der Waals surface area contributed by atoms with Gasteiger partial charge in [0, 0.05) is 19.3 Å². The number of carbonyl (C=O) groups excluding carboxylic acids is 3. The number of rotatable bonds is 64. The van der Waals surface area contributed by atoms with Crippen LogP contribution in [-0.2, 0) is 28.6 Å². The van der Waals surface area contributed by atoms with Gasteiger partial charge >= 0.3 is 17.9 Å². The molecule has 0 saturated carbocycles. The van der Waals surface area contributed by atoms with Gasteiger partial charge in [-0.05, 0) is 77.0 Å². The quantitative estimate of drug-likeness (QED) is 0.0261. The van der Waals surface area contributed by atoms with Gasteiger partial charge in [0.1, 0.15) is 13.2 Å². The van der Waals surface area contributed by atoms with E-state index < -0.39 is 6.10 Å². The molecule has 0 heterocycles. The zero-order valence-electron chi connectivity index (χ0n) is 52.0. The average molecular weight is 1080 g/mol. The molecule has 0 saturated heterocycles. The van der Waals surface area contributed by atoms with Crippen LogP contribution in [0.5, 0.6) is 0 Å². The molecule has 0 radical (unpaired) electrons. The second-order valence-corrected chi connectivity index (χ2v) is 23.4. The summed E-state index contributed by atoms with van der Waals surface area (Å²) in [5.41, 5.74) is 0. The first-order valence-corrected chi connectivity index (χ1v) is 34.5. The molecule has 452 valence electrons. The van der Waals surface area contributed by atoms with Crippen LogP contribution >= 0.6 is 0 Å². The van der Waals surface area contributed by atoms with Gasteiger partial charge in [-0.3, -0.25) is 14.4 Å². The fraction of sp³-hybridized carbons (Fsp3) is 0.873. The highest BCUT2D eigenvalue weighted by Crippen LogP contribution is 2.18. The molecule has 6 heteroatoms. The lowest BCUT2D eigenvalue weighted by Crippen LogP contribution is -2.30. The Hall–Kier alpha value is -2.37. The van der Waals surface area contributed by atoms with Crippen molar-refractivity contribution < 1.29 is 28.6 Å². The molecule has 0 aromatic carbocycles. The molecule has 0 spiro atoms. The van der Waals surface area contributed by atoms with Gasteiger partial charge in [0.05, 0.1) is 0 Å². The van der Waals surface area contributed by atoms with Gasteiger partial charge in [-0.15, -0.1) is 0 Å². The highest BCUT2D eigenvalue weighted by molar-refractivity contribution is 5.71. The lowest BCUT2D eigenvalue weighted by Gasteiger charge is -2.18. The van der Waals surface area contributed by atoms with Gasteiger partial charge in [0.2, 0.25) is 0 Å². The molecular weight excluding hydrogens is 949 g/mol. The Morgan fingerprint density at radius 1 is 0.260 bits per heavy atom. The minimum Gasteiger partial charge on any atom is -0.462 e. The predicted octanol–water partition coefficient (Wildman–Crippen LogP) is 23.6. The molecule has 0 amide bonds. The number of hydrogen-bond acceptors (Lipinski definition) is 6. The van der Waals surface area contributed by atoms with Gasteiger partial charge in [-0.25, -0.2) is 0 Å². The van der Waals surface area contributed by atoms with Crippen LogP contribution in [0, 0.1) is 0 Å². The molecule has 0 aliphatic rings. The van der Waals surface area contributed by atoms with Crippen molar-refractivity contribution in [1.29, 1.82) is 0 Å². The van der Waals surface area contributed by atoms with Gasteiger partial charge in [0.25, 0.3) is 0 Å². The van der Waals surface area contributed by atoms with Crippen molar-refractivity contribution in [3.8, 4) is 0 Å². The lowest BCUT2D eigenvalue weighted by molar-refractivity contribution is -0.167. The van der Waals surface area contributed by atoms with E-state index in [1.807, 2.05) is 0 Å². The highest BCUT2D eigenvalue weighted by Gasteiger charge is 2.19. The molecule has 6 nitrogen and oxygen atoms in total. The first kappa shape index (κ1) is 74.6. The minimum atomic E-state index is -0.774. The third-order valence-corrected chi connectivity index (χ3v) is 15.6. The van der Waals surface area contributed by atoms with E-state index in [9.17, 15) is 14.4 Å². The number of carbonyl (C=O) groups is 3. The first-order valence-electron chi connectivity index (χ1n) is 34.5. The van der Waals surface area contributed by atoms with E-state index in [2.05, 4.69) is 57.2 Å².